The van der Waals surface area contributed by atoms with Crippen LogP contribution in [-0.2, 0) is 0 Å². The Morgan fingerprint density at radius 2 is 1.91 bits per heavy atom. The van der Waals surface area contributed by atoms with E-state index in [1.165, 1.54) is 13.2 Å². The Balaban J connectivity index is 1.52. The first-order valence-corrected chi connectivity index (χ1v) is 10.2. The van der Waals surface area contributed by atoms with Gasteiger partial charge in [0.1, 0.15) is 17.2 Å². The summed E-state index contributed by atoms with van der Waals surface area (Å²) in [6.45, 7) is 3.68. The largest absolute Gasteiger partial charge is 0.479 e. The fourth-order valence-corrected chi connectivity index (χ4v) is 3.47. The molecule has 1 amide bonds. The highest BCUT2D eigenvalue weighted by atomic mass is 19.1. The molecule has 4 rings (SSSR count). The summed E-state index contributed by atoms with van der Waals surface area (Å²) in [4.78, 5) is 21.3. The van der Waals surface area contributed by atoms with Crippen molar-refractivity contribution in [3.8, 4) is 22.7 Å². The molecule has 1 unspecified atom stereocenters. The van der Waals surface area contributed by atoms with Gasteiger partial charge in [-0.3, -0.25) is 4.79 Å². The van der Waals surface area contributed by atoms with E-state index in [0.29, 0.717) is 22.7 Å². The molecular weight excluding hydrogens is 407 g/mol. The molecule has 0 spiro atoms. The number of hydrogen-bond donors (Lipinski definition) is 1. The maximum absolute atomic E-state index is 14.7. The van der Waals surface area contributed by atoms with Gasteiger partial charge >= 0.3 is 0 Å². The van der Waals surface area contributed by atoms with Gasteiger partial charge in [-0.05, 0) is 43.2 Å². The number of pyridine rings is 1. The van der Waals surface area contributed by atoms with E-state index in [4.69, 9.17) is 4.74 Å². The summed E-state index contributed by atoms with van der Waals surface area (Å²) < 4.78 is 21.9. The summed E-state index contributed by atoms with van der Waals surface area (Å²) >= 11 is 0. The summed E-state index contributed by atoms with van der Waals surface area (Å²) in [5.74, 6) is -0.410. The third kappa shape index (κ3) is 4.37. The summed E-state index contributed by atoms with van der Waals surface area (Å²) in [5, 5.41) is 2.87. The van der Waals surface area contributed by atoms with Crippen molar-refractivity contribution < 1.29 is 13.9 Å². The van der Waals surface area contributed by atoms with Crippen molar-refractivity contribution >= 4 is 5.91 Å². The predicted molar refractivity (Wildman–Crippen MR) is 120 cm³/mol. The Kier molecular flexibility index (Phi) is 5.98. The molecule has 0 saturated carbocycles. The molecule has 0 aliphatic carbocycles. The number of ether oxygens (including phenoxy) is 1. The summed E-state index contributed by atoms with van der Waals surface area (Å²) in [6, 6.07) is 17.3. The number of amides is 1. The summed E-state index contributed by atoms with van der Waals surface area (Å²) in [7, 11) is 1.50. The van der Waals surface area contributed by atoms with Gasteiger partial charge in [0.25, 0.3) is 5.91 Å². The van der Waals surface area contributed by atoms with Gasteiger partial charge in [0, 0.05) is 11.8 Å². The third-order valence-corrected chi connectivity index (χ3v) is 5.18. The van der Waals surface area contributed by atoms with Crippen LogP contribution >= 0.6 is 0 Å². The maximum Gasteiger partial charge on any atom is 0.270 e. The lowest BCUT2D eigenvalue weighted by Gasteiger charge is -2.16. The first-order valence-electron chi connectivity index (χ1n) is 10.2. The monoisotopic (exact) mass is 430 g/mol. The second-order valence-electron chi connectivity index (χ2n) is 7.45. The first-order chi connectivity index (χ1) is 15.5. The van der Waals surface area contributed by atoms with Crippen LogP contribution < -0.4 is 10.1 Å². The van der Waals surface area contributed by atoms with Crippen LogP contribution in [0.15, 0.2) is 73.2 Å². The van der Waals surface area contributed by atoms with Crippen molar-refractivity contribution in [3.63, 3.8) is 0 Å². The fourth-order valence-electron chi connectivity index (χ4n) is 3.47. The molecule has 0 fully saturated rings. The molecule has 0 bridgehead atoms. The van der Waals surface area contributed by atoms with Crippen LogP contribution in [0.5, 0.6) is 5.88 Å². The Labute approximate surface area is 185 Å². The summed E-state index contributed by atoms with van der Waals surface area (Å²) in [5.41, 5.74) is 3.72. The highest BCUT2D eigenvalue weighted by molar-refractivity contribution is 5.93. The third-order valence-electron chi connectivity index (χ3n) is 5.18. The number of aryl methyl sites for hydroxylation is 1. The van der Waals surface area contributed by atoms with Crippen molar-refractivity contribution in [3.05, 3.63) is 96.0 Å². The van der Waals surface area contributed by atoms with Crippen LogP contribution in [0.3, 0.4) is 0 Å². The van der Waals surface area contributed by atoms with Crippen molar-refractivity contribution in [2.24, 2.45) is 0 Å². The van der Waals surface area contributed by atoms with E-state index in [1.807, 2.05) is 49.5 Å². The van der Waals surface area contributed by atoms with Crippen LogP contribution in [-0.4, -0.2) is 27.6 Å². The normalized spacial score (nSPS) is 11.8. The van der Waals surface area contributed by atoms with Crippen molar-refractivity contribution in [1.29, 1.82) is 0 Å². The van der Waals surface area contributed by atoms with Gasteiger partial charge in [0.05, 0.1) is 25.2 Å². The molecule has 4 aromatic rings. The summed E-state index contributed by atoms with van der Waals surface area (Å²) in [6.07, 6.45) is 3.50. The van der Waals surface area contributed by atoms with Crippen LogP contribution in [0.4, 0.5) is 4.39 Å². The molecule has 2 aromatic carbocycles. The minimum atomic E-state index is -0.411. The number of carbonyl (C=O) groups excluding carboxylic acids is 1. The predicted octanol–water partition coefficient (Wildman–Crippen LogP) is 4.88. The van der Waals surface area contributed by atoms with E-state index in [-0.39, 0.29) is 17.4 Å². The highest BCUT2D eigenvalue weighted by Crippen LogP contribution is 2.26. The minimum absolute atomic E-state index is 0.204. The SMILES string of the molecule is COc1nc(C(=O)NC(C)c2ccc(-c3ccccc3)c(F)c2)ccc1-n1cnc(C)c1. The average molecular weight is 430 g/mol. The standard InChI is InChI=1S/C25H23FN4O2/c1-16-14-30(15-27-16)23-12-11-22(29-25(23)32-3)24(31)28-17(2)19-9-10-20(21(26)13-19)18-7-5-4-6-8-18/h4-15,17H,1-3H3,(H,28,31). The average Bonchev–Trinajstić information content (AvgIpc) is 3.25. The van der Waals surface area contributed by atoms with Gasteiger partial charge in [-0.15, -0.1) is 0 Å². The first kappa shape index (κ1) is 21.2. The molecule has 1 atom stereocenters. The smallest absolute Gasteiger partial charge is 0.270 e. The molecule has 0 saturated heterocycles. The number of nitrogens with zero attached hydrogens (tertiary/aromatic N) is 3. The molecule has 2 aromatic heterocycles. The Morgan fingerprint density at radius 1 is 1.12 bits per heavy atom. The lowest BCUT2D eigenvalue weighted by molar-refractivity contribution is 0.0934. The van der Waals surface area contributed by atoms with Crippen molar-refractivity contribution in [2.75, 3.05) is 7.11 Å². The van der Waals surface area contributed by atoms with Gasteiger partial charge < -0.3 is 14.6 Å². The molecule has 0 aliphatic heterocycles. The van der Waals surface area contributed by atoms with E-state index >= 15 is 0 Å². The Bertz CT molecular complexity index is 1250. The quantitative estimate of drug-likeness (QED) is 0.473. The van der Waals surface area contributed by atoms with Gasteiger partial charge in [0.15, 0.2) is 0 Å². The highest BCUT2D eigenvalue weighted by Gasteiger charge is 2.17. The topological polar surface area (TPSA) is 69.0 Å². The number of methoxy groups -OCH3 is 1. The number of benzene rings is 2. The Hall–Kier alpha value is -4.00. The molecular formula is C25H23FN4O2. The van der Waals surface area contributed by atoms with Crippen molar-refractivity contribution in [2.45, 2.75) is 19.9 Å². The van der Waals surface area contributed by atoms with Gasteiger partial charge in [-0.2, -0.15) is 0 Å². The molecule has 0 radical (unpaired) electrons. The van der Waals surface area contributed by atoms with E-state index in [1.54, 1.807) is 36.0 Å². The Morgan fingerprint density at radius 3 is 2.56 bits per heavy atom. The minimum Gasteiger partial charge on any atom is -0.479 e. The number of hydrogen-bond acceptors (Lipinski definition) is 4. The molecule has 6 nitrogen and oxygen atoms in total. The van der Waals surface area contributed by atoms with Gasteiger partial charge in [-0.1, -0.05) is 42.5 Å². The van der Waals surface area contributed by atoms with E-state index in [2.05, 4.69) is 15.3 Å². The molecule has 2 heterocycles. The molecule has 1 N–H and O–H groups in total. The number of halogens is 1. The lowest BCUT2D eigenvalue weighted by Crippen LogP contribution is -2.27. The number of imidazole rings is 1. The molecule has 7 heteroatoms. The zero-order valence-electron chi connectivity index (χ0n) is 18.0. The van der Waals surface area contributed by atoms with Crippen LogP contribution in [0, 0.1) is 12.7 Å². The number of rotatable bonds is 6. The molecule has 0 aliphatic rings. The molecule has 32 heavy (non-hydrogen) atoms. The number of nitrogens with one attached hydrogen (secondary N) is 1. The van der Waals surface area contributed by atoms with Crippen LogP contribution in [0.25, 0.3) is 16.8 Å². The van der Waals surface area contributed by atoms with Gasteiger partial charge in [0.2, 0.25) is 5.88 Å². The second-order valence-corrected chi connectivity index (χ2v) is 7.45. The lowest BCUT2D eigenvalue weighted by atomic mass is 10.0. The zero-order valence-corrected chi connectivity index (χ0v) is 18.0. The van der Waals surface area contributed by atoms with E-state index in [9.17, 15) is 9.18 Å². The number of carbonyl (C=O) groups is 1. The molecule has 162 valence electrons. The zero-order chi connectivity index (χ0) is 22.7. The second kappa shape index (κ2) is 9.01. The van der Waals surface area contributed by atoms with Crippen LogP contribution in [0.1, 0.15) is 34.7 Å². The fraction of sp³-hybridized carbons (Fsp3) is 0.160. The maximum atomic E-state index is 14.7. The van der Waals surface area contributed by atoms with E-state index < -0.39 is 6.04 Å². The number of aromatic nitrogens is 3. The van der Waals surface area contributed by atoms with Crippen LogP contribution in [0.2, 0.25) is 0 Å². The van der Waals surface area contributed by atoms with E-state index in [0.717, 1.165) is 11.3 Å². The van der Waals surface area contributed by atoms with Gasteiger partial charge in [-0.25, -0.2) is 14.4 Å². The van der Waals surface area contributed by atoms with Crippen molar-refractivity contribution in [1.82, 2.24) is 19.9 Å².